The summed E-state index contributed by atoms with van der Waals surface area (Å²) < 4.78 is 23.4. The Morgan fingerprint density at radius 1 is 1.39 bits per heavy atom. The molecule has 0 saturated carbocycles. The van der Waals surface area contributed by atoms with Crippen molar-refractivity contribution in [2.75, 3.05) is 32.9 Å². The lowest BCUT2D eigenvalue weighted by Crippen LogP contribution is -2.48. The molecule has 2 atom stereocenters. The second kappa shape index (κ2) is 7.23. The number of morpholine rings is 1. The van der Waals surface area contributed by atoms with Gasteiger partial charge in [0.1, 0.15) is 11.1 Å². The number of rotatable bonds is 3. The second-order valence-corrected chi connectivity index (χ2v) is 6.94. The Hall–Kier alpha value is -1.73. The molecule has 2 heterocycles. The number of fused-ring (bicyclic) bond motifs is 1. The molecule has 0 spiro atoms. The number of carbonyl (C=O) groups is 1. The summed E-state index contributed by atoms with van der Waals surface area (Å²) in [6, 6.07) is 7.38. The lowest BCUT2D eigenvalue weighted by Gasteiger charge is -2.35. The minimum absolute atomic E-state index is 0.0744. The molecule has 0 amide bonds. The van der Waals surface area contributed by atoms with Crippen LogP contribution < -0.4 is 0 Å². The van der Waals surface area contributed by atoms with E-state index in [9.17, 15) is 9.00 Å². The molecule has 2 aliphatic rings. The van der Waals surface area contributed by atoms with Crippen molar-refractivity contribution >= 4 is 28.3 Å². The van der Waals surface area contributed by atoms with Crippen molar-refractivity contribution in [3.05, 3.63) is 24.3 Å². The summed E-state index contributed by atoms with van der Waals surface area (Å²) in [4.78, 5) is 19.4. The van der Waals surface area contributed by atoms with Gasteiger partial charge in [-0.15, -0.1) is 0 Å². The molecule has 2 unspecified atom stereocenters. The Morgan fingerprint density at radius 3 is 2.87 bits per heavy atom. The number of hydrogen-bond donors (Lipinski definition) is 0. The Labute approximate surface area is 137 Å². The van der Waals surface area contributed by atoms with Gasteiger partial charge in [0.2, 0.25) is 0 Å². The van der Waals surface area contributed by atoms with Gasteiger partial charge in [-0.1, -0.05) is 12.1 Å². The highest BCUT2D eigenvalue weighted by Crippen LogP contribution is 2.32. The maximum absolute atomic E-state index is 13.0. The highest BCUT2D eigenvalue weighted by Gasteiger charge is 2.35. The first kappa shape index (κ1) is 16.1. The summed E-state index contributed by atoms with van der Waals surface area (Å²) in [6.45, 7) is 4.69. The number of hydrogen-bond acceptors (Lipinski definition) is 6. The number of benzene rings is 1. The van der Waals surface area contributed by atoms with Gasteiger partial charge in [-0.25, -0.2) is 4.99 Å². The smallest absolute Gasteiger partial charge is 0.307 e. The zero-order valence-corrected chi connectivity index (χ0v) is 13.9. The van der Waals surface area contributed by atoms with E-state index in [1.807, 2.05) is 24.3 Å². The van der Waals surface area contributed by atoms with Crippen molar-refractivity contribution in [1.82, 2.24) is 4.90 Å². The van der Waals surface area contributed by atoms with Crippen molar-refractivity contribution in [2.24, 2.45) is 4.99 Å². The van der Waals surface area contributed by atoms with E-state index in [0.29, 0.717) is 49.3 Å². The molecule has 1 saturated heterocycles. The summed E-state index contributed by atoms with van der Waals surface area (Å²) in [5.41, 5.74) is 0.715. The summed E-state index contributed by atoms with van der Waals surface area (Å²) in [7, 11) is -1.32. The molecular weight excluding hydrogens is 316 g/mol. The minimum atomic E-state index is -1.32. The van der Waals surface area contributed by atoms with Crippen molar-refractivity contribution < 1.29 is 18.5 Å². The molecule has 0 radical (unpaired) electrons. The zero-order chi connectivity index (χ0) is 16.2. The monoisotopic (exact) mass is 336 g/mol. The van der Waals surface area contributed by atoms with Crippen LogP contribution in [0.15, 0.2) is 34.2 Å². The van der Waals surface area contributed by atoms with Crippen LogP contribution in [0.2, 0.25) is 0 Å². The van der Waals surface area contributed by atoms with E-state index in [1.165, 1.54) is 0 Å². The van der Waals surface area contributed by atoms with Crippen LogP contribution in [0.25, 0.3) is 0 Å². The Morgan fingerprint density at radius 2 is 2.13 bits per heavy atom. The molecule has 7 heteroatoms. The van der Waals surface area contributed by atoms with E-state index in [-0.39, 0.29) is 12.4 Å². The quantitative estimate of drug-likeness (QED) is 0.782. The van der Waals surface area contributed by atoms with E-state index in [0.717, 1.165) is 0 Å². The van der Waals surface area contributed by atoms with Gasteiger partial charge in [-0.3, -0.25) is 9.00 Å². The minimum Gasteiger partial charge on any atom is -0.466 e. The van der Waals surface area contributed by atoms with Crippen molar-refractivity contribution in [3.63, 3.8) is 0 Å². The van der Waals surface area contributed by atoms with Gasteiger partial charge in [-0.2, -0.15) is 0 Å². The third kappa shape index (κ3) is 3.45. The van der Waals surface area contributed by atoms with Gasteiger partial charge in [-0.05, 0) is 19.1 Å². The SMILES string of the molecule is CCOC(=O)CC1C(N2CCOCC2)=Nc2ccccc2S1=O. The second-order valence-electron chi connectivity index (χ2n) is 5.33. The number of para-hydroxylation sites is 1. The molecule has 3 rings (SSSR count). The van der Waals surface area contributed by atoms with Gasteiger partial charge in [0.15, 0.2) is 0 Å². The fourth-order valence-electron chi connectivity index (χ4n) is 2.77. The van der Waals surface area contributed by atoms with Gasteiger partial charge in [0.05, 0.1) is 47.6 Å². The van der Waals surface area contributed by atoms with E-state index < -0.39 is 16.0 Å². The molecule has 6 nitrogen and oxygen atoms in total. The number of carbonyl (C=O) groups excluding carboxylic acids is 1. The normalized spacial score (nSPS) is 23.9. The molecular formula is C16H20N2O4S. The summed E-state index contributed by atoms with van der Waals surface area (Å²) >= 11 is 0. The van der Waals surface area contributed by atoms with Crippen molar-refractivity contribution in [3.8, 4) is 0 Å². The van der Waals surface area contributed by atoms with Crippen molar-refractivity contribution in [1.29, 1.82) is 0 Å². The summed E-state index contributed by atoms with van der Waals surface area (Å²) in [6.07, 6.45) is 0.0744. The van der Waals surface area contributed by atoms with Crippen LogP contribution >= 0.6 is 0 Å². The van der Waals surface area contributed by atoms with Crippen LogP contribution in [-0.4, -0.2) is 59.1 Å². The average Bonchev–Trinajstić information content (AvgIpc) is 2.58. The molecule has 124 valence electrons. The molecule has 0 aromatic heterocycles. The van der Waals surface area contributed by atoms with E-state index in [1.54, 1.807) is 6.92 Å². The van der Waals surface area contributed by atoms with Crippen LogP contribution in [0, 0.1) is 0 Å². The van der Waals surface area contributed by atoms with Crippen LogP contribution in [0.4, 0.5) is 5.69 Å². The van der Waals surface area contributed by atoms with Crippen molar-refractivity contribution in [2.45, 2.75) is 23.5 Å². The third-order valence-corrected chi connectivity index (χ3v) is 5.53. The van der Waals surface area contributed by atoms with E-state index in [2.05, 4.69) is 4.90 Å². The molecule has 0 bridgehead atoms. The average molecular weight is 336 g/mol. The molecule has 0 aliphatic carbocycles. The molecule has 2 aliphatic heterocycles. The van der Waals surface area contributed by atoms with Gasteiger partial charge >= 0.3 is 5.97 Å². The number of ether oxygens (including phenoxy) is 2. The first-order chi connectivity index (χ1) is 11.2. The summed E-state index contributed by atoms with van der Waals surface area (Å²) in [5, 5.41) is -0.470. The fraction of sp³-hybridized carbons (Fsp3) is 0.500. The molecule has 1 aromatic carbocycles. The van der Waals surface area contributed by atoms with E-state index >= 15 is 0 Å². The zero-order valence-electron chi connectivity index (χ0n) is 13.1. The molecule has 23 heavy (non-hydrogen) atoms. The van der Waals surface area contributed by atoms with Gasteiger partial charge in [0, 0.05) is 13.1 Å². The highest BCUT2D eigenvalue weighted by atomic mass is 32.2. The topological polar surface area (TPSA) is 68.2 Å². The predicted molar refractivity (Wildman–Crippen MR) is 87.4 cm³/mol. The third-order valence-electron chi connectivity index (χ3n) is 3.86. The standard InChI is InChI=1S/C16H20N2O4S/c1-2-22-15(19)11-14-16(18-7-9-21-10-8-18)17-12-5-3-4-6-13(12)23(14)20/h3-6,14H,2,7-11H2,1H3. The lowest BCUT2D eigenvalue weighted by atomic mass is 10.2. The van der Waals surface area contributed by atoms with Crippen LogP contribution in [0.1, 0.15) is 13.3 Å². The fourth-order valence-corrected chi connectivity index (χ4v) is 4.29. The summed E-state index contributed by atoms with van der Waals surface area (Å²) in [5.74, 6) is 0.365. The number of esters is 1. The first-order valence-electron chi connectivity index (χ1n) is 7.77. The molecule has 0 N–H and O–H groups in total. The van der Waals surface area contributed by atoms with Gasteiger partial charge in [0.25, 0.3) is 0 Å². The largest absolute Gasteiger partial charge is 0.466 e. The van der Waals surface area contributed by atoms with E-state index in [4.69, 9.17) is 14.5 Å². The number of amidine groups is 1. The lowest BCUT2D eigenvalue weighted by molar-refractivity contribution is -0.142. The first-order valence-corrected chi connectivity index (χ1v) is 8.98. The maximum atomic E-state index is 13.0. The maximum Gasteiger partial charge on any atom is 0.307 e. The molecule has 1 fully saturated rings. The van der Waals surface area contributed by atoms with Crippen LogP contribution in [-0.2, 0) is 25.1 Å². The molecule has 1 aromatic rings. The predicted octanol–water partition coefficient (Wildman–Crippen LogP) is 1.49. The Kier molecular flexibility index (Phi) is 5.07. The number of nitrogens with zero attached hydrogens (tertiary/aromatic N) is 2. The Bertz CT molecular complexity index is 641. The van der Waals surface area contributed by atoms with Gasteiger partial charge < -0.3 is 14.4 Å². The number of aliphatic imine (C=N–C) groups is 1. The van der Waals surface area contributed by atoms with Crippen LogP contribution in [0.3, 0.4) is 0 Å². The van der Waals surface area contributed by atoms with Crippen LogP contribution in [0.5, 0.6) is 0 Å². The Balaban J connectivity index is 1.94. The highest BCUT2D eigenvalue weighted by molar-refractivity contribution is 7.86.